The van der Waals surface area contributed by atoms with Crippen LogP contribution in [0.15, 0.2) is 18.2 Å². The zero-order valence-corrected chi connectivity index (χ0v) is 13.9. The standard InChI is InChI=1S/C16H21N3O5/c1-10-9-17-14(20)6-7-19(10)16(22)18-12-8-11(15(21)24-3)4-5-13(12)23-2/h4-5,8,10H,6-7,9H2,1-3H3,(H,17,20)(H,18,22)/t10-/m1/s1. The Balaban J connectivity index is 2.20. The van der Waals surface area contributed by atoms with E-state index in [0.29, 0.717) is 30.1 Å². The molecule has 24 heavy (non-hydrogen) atoms. The molecule has 1 heterocycles. The fraction of sp³-hybridized carbons (Fsp3) is 0.438. The number of methoxy groups -OCH3 is 2. The zero-order chi connectivity index (χ0) is 17.7. The lowest BCUT2D eigenvalue weighted by Gasteiger charge is -2.27. The third kappa shape index (κ3) is 3.95. The summed E-state index contributed by atoms with van der Waals surface area (Å²) in [5, 5.41) is 5.49. The van der Waals surface area contributed by atoms with Crippen LogP contribution >= 0.6 is 0 Å². The molecule has 2 rings (SSSR count). The molecule has 1 aromatic carbocycles. The Bertz CT molecular complexity index is 647. The molecule has 1 saturated heterocycles. The Morgan fingerprint density at radius 3 is 2.75 bits per heavy atom. The van der Waals surface area contributed by atoms with E-state index >= 15 is 0 Å². The molecule has 0 saturated carbocycles. The van der Waals surface area contributed by atoms with Gasteiger partial charge in [0, 0.05) is 25.6 Å². The average molecular weight is 335 g/mol. The van der Waals surface area contributed by atoms with Crippen LogP contribution in [0.1, 0.15) is 23.7 Å². The molecular weight excluding hydrogens is 314 g/mol. The van der Waals surface area contributed by atoms with Gasteiger partial charge in [0.15, 0.2) is 0 Å². The molecule has 8 heteroatoms. The smallest absolute Gasteiger partial charge is 0.337 e. The largest absolute Gasteiger partial charge is 0.495 e. The summed E-state index contributed by atoms with van der Waals surface area (Å²) in [6.07, 6.45) is 0.247. The number of urea groups is 1. The van der Waals surface area contributed by atoms with Crippen molar-refractivity contribution in [3.8, 4) is 5.75 Å². The third-order valence-corrected chi connectivity index (χ3v) is 3.83. The molecule has 3 amide bonds. The Morgan fingerprint density at radius 2 is 2.08 bits per heavy atom. The van der Waals surface area contributed by atoms with Crippen LogP contribution < -0.4 is 15.4 Å². The Hall–Kier alpha value is -2.77. The van der Waals surface area contributed by atoms with Gasteiger partial charge in [0.25, 0.3) is 0 Å². The maximum atomic E-state index is 12.6. The molecule has 0 bridgehead atoms. The second-order valence-electron chi connectivity index (χ2n) is 5.43. The van der Waals surface area contributed by atoms with Crippen LogP contribution in [0, 0.1) is 0 Å². The van der Waals surface area contributed by atoms with Gasteiger partial charge in [-0.15, -0.1) is 0 Å². The van der Waals surface area contributed by atoms with Crippen molar-refractivity contribution in [1.29, 1.82) is 0 Å². The number of carbonyl (C=O) groups is 3. The van der Waals surface area contributed by atoms with Crippen molar-refractivity contribution in [2.24, 2.45) is 0 Å². The van der Waals surface area contributed by atoms with Gasteiger partial charge in [-0.25, -0.2) is 9.59 Å². The summed E-state index contributed by atoms with van der Waals surface area (Å²) >= 11 is 0. The minimum atomic E-state index is -0.508. The van der Waals surface area contributed by atoms with Crippen molar-refractivity contribution in [2.45, 2.75) is 19.4 Å². The molecule has 0 spiro atoms. The Labute approximate surface area is 140 Å². The SMILES string of the molecule is COC(=O)c1ccc(OC)c(NC(=O)N2CCC(=O)NC[C@H]2C)c1. The zero-order valence-electron chi connectivity index (χ0n) is 13.9. The van der Waals surface area contributed by atoms with Crippen LogP contribution in [-0.2, 0) is 9.53 Å². The Kier molecular flexibility index (Phi) is 5.62. The molecule has 0 radical (unpaired) electrons. The van der Waals surface area contributed by atoms with Gasteiger partial charge < -0.3 is 25.0 Å². The average Bonchev–Trinajstić information content (AvgIpc) is 2.75. The van der Waals surface area contributed by atoms with Crippen LogP contribution in [0.25, 0.3) is 0 Å². The maximum Gasteiger partial charge on any atom is 0.337 e. The van der Waals surface area contributed by atoms with Crippen molar-refractivity contribution in [1.82, 2.24) is 10.2 Å². The van der Waals surface area contributed by atoms with Gasteiger partial charge in [-0.3, -0.25) is 4.79 Å². The van der Waals surface area contributed by atoms with Gasteiger partial charge in [0.1, 0.15) is 5.75 Å². The molecule has 0 aromatic heterocycles. The van der Waals surface area contributed by atoms with Crippen molar-refractivity contribution >= 4 is 23.6 Å². The number of benzene rings is 1. The summed E-state index contributed by atoms with van der Waals surface area (Å²) in [6, 6.07) is 4.12. The van der Waals surface area contributed by atoms with E-state index in [4.69, 9.17) is 4.74 Å². The van der Waals surface area contributed by atoms with Crippen molar-refractivity contribution < 1.29 is 23.9 Å². The number of rotatable bonds is 3. The third-order valence-electron chi connectivity index (χ3n) is 3.83. The highest BCUT2D eigenvalue weighted by Gasteiger charge is 2.25. The molecule has 1 aliphatic heterocycles. The topological polar surface area (TPSA) is 97.0 Å². The lowest BCUT2D eigenvalue weighted by molar-refractivity contribution is -0.120. The highest BCUT2D eigenvalue weighted by atomic mass is 16.5. The van der Waals surface area contributed by atoms with Gasteiger partial charge in [0.2, 0.25) is 5.91 Å². The molecule has 2 N–H and O–H groups in total. The van der Waals surface area contributed by atoms with E-state index in [1.807, 2.05) is 6.92 Å². The minimum absolute atomic E-state index is 0.0811. The van der Waals surface area contributed by atoms with Crippen molar-refractivity contribution in [2.75, 3.05) is 32.6 Å². The van der Waals surface area contributed by atoms with Crippen molar-refractivity contribution in [3.05, 3.63) is 23.8 Å². The van der Waals surface area contributed by atoms with Gasteiger partial charge in [0.05, 0.1) is 25.5 Å². The van der Waals surface area contributed by atoms with Crippen LogP contribution in [0.2, 0.25) is 0 Å². The first-order chi connectivity index (χ1) is 11.5. The summed E-state index contributed by atoms with van der Waals surface area (Å²) < 4.78 is 9.90. The summed E-state index contributed by atoms with van der Waals surface area (Å²) in [6.45, 7) is 2.57. The van der Waals surface area contributed by atoms with Crippen molar-refractivity contribution in [3.63, 3.8) is 0 Å². The van der Waals surface area contributed by atoms with E-state index in [0.717, 1.165) is 0 Å². The monoisotopic (exact) mass is 335 g/mol. The first-order valence-corrected chi connectivity index (χ1v) is 7.57. The van der Waals surface area contributed by atoms with E-state index in [-0.39, 0.29) is 24.4 Å². The number of ether oxygens (including phenoxy) is 2. The summed E-state index contributed by atoms with van der Waals surface area (Å²) in [5.41, 5.74) is 0.662. The molecule has 0 unspecified atom stereocenters. The number of nitrogens with one attached hydrogen (secondary N) is 2. The number of anilines is 1. The van der Waals surface area contributed by atoms with E-state index in [9.17, 15) is 14.4 Å². The first-order valence-electron chi connectivity index (χ1n) is 7.57. The number of carbonyl (C=O) groups excluding carboxylic acids is 3. The summed E-state index contributed by atoms with van der Waals surface area (Å²) in [5.74, 6) is -0.166. The molecule has 1 atom stereocenters. The van der Waals surface area contributed by atoms with E-state index in [1.165, 1.54) is 20.3 Å². The van der Waals surface area contributed by atoms with E-state index in [1.54, 1.807) is 17.0 Å². The maximum absolute atomic E-state index is 12.6. The number of esters is 1. The fourth-order valence-corrected chi connectivity index (χ4v) is 2.44. The molecular formula is C16H21N3O5. The Morgan fingerprint density at radius 1 is 1.33 bits per heavy atom. The lowest BCUT2D eigenvalue weighted by atomic mass is 10.2. The van der Waals surface area contributed by atoms with Gasteiger partial charge in [-0.05, 0) is 25.1 Å². The molecule has 130 valence electrons. The van der Waals surface area contributed by atoms with Crippen LogP contribution in [0.4, 0.5) is 10.5 Å². The van der Waals surface area contributed by atoms with Gasteiger partial charge >= 0.3 is 12.0 Å². The van der Waals surface area contributed by atoms with Crippen LogP contribution in [-0.4, -0.2) is 56.2 Å². The highest BCUT2D eigenvalue weighted by molar-refractivity contribution is 5.95. The normalized spacial score (nSPS) is 17.5. The summed E-state index contributed by atoms with van der Waals surface area (Å²) in [7, 11) is 2.76. The lowest BCUT2D eigenvalue weighted by Crippen LogP contribution is -2.44. The minimum Gasteiger partial charge on any atom is -0.495 e. The molecule has 0 aliphatic carbocycles. The predicted octanol–water partition coefficient (Wildman–Crippen LogP) is 1.22. The second kappa shape index (κ2) is 7.67. The summed E-state index contributed by atoms with van der Waals surface area (Å²) in [4.78, 5) is 37.3. The second-order valence-corrected chi connectivity index (χ2v) is 5.43. The molecule has 1 fully saturated rings. The van der Waals surface area contributed by atoms with Crippen LogP contribution in [0.5, 0.6) is 5.75 Å². The van der Waals surface area contributed by atoms with Gasteiger partial charge in [-0.2, -0.15) is 0 Å². The van der Waals surface area contributed by atoms with Crippen LogP contribution in [0.3, 0.4) is 0 Å². The first kappa shape index (κ1) is 17.6. The van der Waals surface area contributed by atoms with E-state index in [2.05, 4.69) is 15.4 Å². The number of nitrogens with zero attached hydrogens (tertiary/aromatic N) is 1. The number of hydrogen-bond acceptors (Lipinski definition) is 5. The molecule has 1 aromatic rings. The number of amides is 3. The fourth-order valence-electron chi connectivity index (χ4n) is 2.44. The molecule has 8 nitrogen and oxygen atoms in total. The molecule has 1 aliphatic rings. The van der Waals surface area contributed by atoms with Gasteiger partial charge in [-0.1, -0.05) is 0 Å². The number of hydrogen-bond donors (Lipinski definition) is 2. The van der Waals surface area contributed by atoms with E-state index < -0.39 is 5.97 Å². The highest BCUT2D eigenvalue weighted by Crippen LogP contribution is 2.26. The predicted molar refractivity (Wildman–Crippen MR) is 87.1 cm³/mol. The quantitative estimate of drug-likeness (QED) is 0.810.